The largest absolute Gasteiger partial charge is 0.507 e. The number of aryl methyl sites for hydroxylation is 1. The first-order valence-corrected chi connectivity index (χ1v) is 5.01. The van der Waals surface area contributed by atoms with Crippen molar-refractivity contribution >= 4 is 21.9 Å². The first kappa shape index (κ1) is 9.09. The smallest absolute Gasteiger partial charge is 0.145 e. The predicted octanol–water partition coefficient (Wildman–Crippen LogP) is 3.31. The fraction of sp³-hybridized carbons (Fsp3) is 0.0769. The van der Waals surface area contributed by atoms with Crippen molar-refractivity contribution in [2.24, 2.45) is 0 Å². The highest BCUT2D eigenvalue weighted by atomic mass is 16.3. The fourth-order valence-electron chi connectivity index (χ4n) is 1.99. The SMILES string of the molecule is Cc1c(O)cc(O)c2c1oc1ccccc12. The van der Waals surface area contributed by atoms with Crippen molar-refractivity contribution in [3.63, 3.8) is 0 Å². The maximum absolute atomic E-state index is 9.84. The summed E-state index contributed by atoms with van der Waals surface area (Å²) in [6.07, 6.45) is 0. The molecule has 0 saturated heterocycles. The molecule has 0 bridgehead atoms. The summed E-state index contributed by atoms with van der Waals surface area (Å²) in [5, 5.41) is 21.0. The minimum Gasteiger partial charge on any atom is -0.507 e. The Bertz CT molecular complexity index is 695. The van der Waals surface area contributed by atoms with Crippen molar-refractivity contribution in [3.05, 3.63) is 35.9 Å². The van der Waals surface area contributed by atoms with Gasteiger partial charge in [0.15, 0.2) is 0 Å². The van der Waals surface area contributed by atoms with Gasteiger partial charge in [-0.15, -0.1) is 0 Å². The van der Waals surface area contributed by atoms with Gasteiger partial charge in [-0.3, -0.25) is 0 Å². The lowest BCUT2D eigenvalue weighted by atomic mass is 10.1. The molecule has 16 heavy (non-hydrogen) atoms. The number of fused-ring (bicyclic) bond motifs is 3. The molecule has 0 aliphatic rings. The molecule has 3 nitrogen and oxygen atoms in total. The fourth-order valence-corrected chi connectivity index (χ4v) is 1.99. The molecule has 0 aliphatic carbocycles. The van der Waals surface area contributed by atoms with Crippen LogP contribution < -0.4 is 0 Å². The molecule has 1 heterocycles. The molecule has 0 amide bonds. The van der Waals surface area contributed by atoms with E-state index in [1.807, 2.05) is 24.3 Å². The van der Waals surface area contributed by atoms with Gasteiger partial charge in [0.1, 0.15) is 22.7 Å². The molecular weight excluding hydrogens is 204 g/mol. The Hall–Kier alpha value is -2.16. The number of hydrogen-bond donors (Lipinski definition) is 2. The summed E-state index contributed by atoms with van der Waals surface area (Å²) in [7, 11) is 0. The molecule has 0 saturated carbocycles. The van der Waals surface area contributed by atoms with Crippen LogP contribution >= 0.6 is 0 Å². The first-order chi connectivity index (χ1) is 7.68. The molecule has 0 aliphatic heterocycles. The Kier molecular flexibility index (Phi) is 1.66. The number of benzene rings is 2. The first-order valence-electron chi connectivity index (χ1n) is 5.01. The van der Waals surface area contributed by atoms with Gasteiger partial charge in [0.25, 0.3) is 0 Å². The predicted molar refractivity (Wildman–Crippen MR) is 61.8 cm³/mol. The number of phenols is 2. The molecule has 0 spiro atoms. The van der Waals surface area contributed by atoms with Crippen molar-refractivity contribution in [1.29, 1.82) is 0 Å². The normalized spacial score (nSPS) is 11.3. The molecular formula is C13H10O3. The molecule has 0 radical (unpaired) electrons. The molecule has 0 fully saturated rings. The second-order valence-corrected chi connectivity index (χ2v) is 3.84. The highest BCUT2D eigenvalue weighted by molar-refractivity contribution is 6.09. The quantitative estimate of drug-likeness (QED) is 0.603. The average molecular weight is 214 g/mol. The number of rotatable bonds is 0. The highest BCUT2D eigenvalue weighted by Gasteiger charge is 2.15. The van der Waals surface area contributed by atoms with E-state index in [0.717, 1.165) is 5.39 Å². The number of hydrogen-bond acceptors (Lipinski definition) is 3. The van der Waals surface area contributed by atoms with Crippen LogP contribution in [0.15, 0.2) is 34.7 Å². The maximum atomic E-state index is 9.84. The molecule has 2 N–H and O–H groups in total. The summed E-state index contributed by atoms with van der Waals surface area (Å²) in [6, 6.07) is 8.83. The van der Waals surface area contributed by atoms with Crippen LogP contribution in [0.3, 0.4) is 0 Å². The zero-order chi connectivity index (χ0) is 11.3. The summed E-state index contributed by atoms with van der Waals surface area (Å²) in [5.41, 5.74) is 1.89. The molecule has 1 aromatic heterocycles. The van der Waals surface area contributed by atoms with Crippen LogP contribution in [0.2, 0.25) is 0 Å². The standard InChI is InChI=1S/C13H10O3/c1-7-9(14)6-10(15)12-8-4-2-3-5-11(8)16-13(7)12/h2-6,14-15H,1H3. The lowest BCUT2D eigenvalue weighted by Crippen LogP contribution is -1.77. The topological polar surface area (TPSA) is 53.6 Å². The third-order valence-corrected chi connectivity index (χ3v) is 2.85. The van der Waals surface area contributed by atoms with Gasteiger partial charge in [-0.25, -0.2) is 0 Å². The van der Waals surface area contributed by atoms with E-state index < -0.39 is 0 Å². The van der Waals surface area contributed by atoms with E-state index in [1.165, 1.54) is 6.07 Å². The Balaban J connectivity index is 2.64. The minimum atomic E-state index is 0.0445. The van der Waals surface area contributed by atoms with E-state index in [4.69, 9.17) is 4.42 Å². The minimum absolute atomic E-state index is 0.0445. The Labute approximate surface area is 91.5 Å². The van der Waals surface area contributed by atoms with Crippen molar-refractivity contribution in [3.8, 4) is 11.5 Å². The summed E-state index contributed by atoms with van der Waals surface area (Å²) in [5.74, 6) is 0.0899. The van der Waals surface area contributed by atoms with Crippen LogP contribution in [0.25, 0.3) is 21.9 Å². The highest BCUT2D eigenvalue weighted by Crippen LogP contribution is 2.40. The van der Waals surface area contributed by atoms with E-state index in [1.54, 1.807) is 6.92 Å². The van der Waals surface area contributed by atoms with E-state index in [9.17, 15) is 10.2 Å². The summed E-state index contributed by atoms with van der Waals surface area (Å²) in [4.78, 5) is 0. The number of para-hydroxylation sites is 1. The summed E-state index contributed by atoms with van der Waals surface area (Å²) >= 11 is 0. The molecule has 80 valence electrons. The van der Waals surface area contributed by atoms with Crippen molar-refractivity contribution in [1.82, 2.24) is 0 Å². The lowest BCUT2D eigenvalue weighted by Gasteiger charge is -2.01. The van der Waals surface area contributed by atoms with Gasteiger partial charge in [-0.2, -0.15) is 0 Å². The molecule has 3 rings (SSSR count). The van der Waals surface area contributed by atoms with Gasteiger partial charge in [0.2, 0.25) is 0 Å². The molecule has 0 unspecified atom stereocenters. The molecule has 2 aromatic carbocycles. The Morgan fingerprint density at radius 1 is 1.06 bits per heavy atom. The maximum Gasteiger partial charge on any atom is 0.145 e. The van der Waals surface area contributed by atoms with Crippen LogP contribution in [0.1, 0.15) is 5.56 Å². The van der Waals surface area contributed by atoms with Gasteiger partial charge in [0, 0.05) is 17.0 Å². The molecule has 3 aromatic rings. The van der Waals surface area contributed by atoms with E-state index in [0.29, 0.717) is 22.1 Å². The molecule has 0 atom stereocenters. The van der Waals surface area contributed by atoms with Crippen LogP contribution in [-0.4, -0.2) is 10.2 Å². The second kappa shape index (κ2) is 2.92. The van der Waals surface area contributed by atoms with Gasteiger partial charge >= 0.3 is 0 Å². The number of aromatic hydroxyl groups is 2. The zero-order valence-corrected chi connectivity index (χ0v) is 8.69. The van der Waals surface area contributed by atoms with Crippen molar-refractivity contribution in [2.75, 3.05) is 0 Å². The molecule has 3 heteroatoms. The second-order valence-electron chi connectivity index (χ2n) is 3.84. The number of phenolic OH excluding ortho intramolecular Hbond substituents is 2. The van der Waals surface area contributed by atoms with Crippen LogP contribution in [0, 0.1) is 6.92 Å². The Morgan fingerprint density at radius 2 is 1.81 bits per heavy atom. The van der Waals surface area contributed by atoms with Crippen LogP contribution in [0.4, 0.5) is 0 Å². The monoisotopic (exact) mass is 214 g/mol. The van der Waals surface area contributed by atoms with Gasteiger partial charge < -0.3 is 14.6 Å². The zero-order valence-electron chi connectivity index (χ0n) is 8.69. The van der Waals surface area contributed by atoms with Gasteiger partial charge in [-0.1, -0.05) is 18.2 Å². The summed E-state index contributed by atoms with van der Waals surface area (Å²) < 4.78 is 5.62. The van der Waals surface area contributed by atoms with Gasteiger partial charge in [0.05, 0.1) is 5.39 Å². The van der Waals surface area contributed by atoms with E-state index in [-0.39, 0.29) is 11.5 Å². The Morgan fingerprint density at radius 3 is 2.62 bits per heavy atom. The number of furan rings is 1. The van der Waals surface area contributed by atoms with Crippen LogP contribution in [0.5, 0.6) is 11.5 Å². The van der Waals surface area contributed by atoms with Gasteiger partial charge in [-0.05, 0) is 13.0 Å². The third kappa shape index (κ3) is 1.03. The van der Waals surface area contributed by atoms with Crippen molar-refractivity contribution < 1.29 is 14.6 Å². The summed E-state index contributed by atoms with van der Waals surface area (Å²) in [6.45, 7) is 1.76. The third-order valence-electron chi connectivity index (χ3n) is 2.85. The average Bonchev–Trinajstić information content (AvgIpc) is 2.65. The lowest BCUT2D eigenvalue weighted by molar-refractivity contribution is 0.451. The van der Waals surface area contributed by atoms with E-state index >= 15 is 0 Å². The van der Waals surface area contributed by atoms with E-state index in [2.05, 4.69) is 0 Å². The van der Waals surface area contributed by atoms with Crippen molar-refractivity contribution in [2.45, 2.75) is 6.92 Å². The van der Waals surface area contributed by atoms with Crippen LogP contribution in [-0.2, 0) is 0 Å².